The summed E-state index contributed by atoms with van der Waals surface area (Å²) in [6.07, 6.45) is 3.96. The van der Waals surface area contributed by atoms with Crippen LogP contribution in [0.25, 0.3) is 10.8 Å². The van der Waals surface area contributed by atoms with Crippen molar-refractivity contribution in [1.29, 1.82) is 0 Å². The first-order chi connectivity index (χ1) is 10.2. The number of methoxy groups -OCH3 is 1. The molecule has 0 heterocycles. The van der Waals surface area contributed by atoms with Gasteiger partial charge >= 0.3 is 0 Å². The number of ether oxygens (including phenoxy) is 1. The number of nitrogens with zero attached hydrogens (tertiary/aromatic N) is 1. The highest BCUT2D eigenvalue weighted by Gasteiger charge is 2.27. The number of fused-ring (bicyclic) bond motifs is 1. The molecule has 1 aliphatic carbocycles. The summed E-state index contributed by atoms with van der Waals surface area (Å²) >= 11 is 0. The second-order valence-electron chi connectivity index (χ2n) is 5.97. The van der Waals surface area contributed by atoms with Crippen LogP contribution in [0.2, 0.25) is 0 Å². The summed E-state index contributed by atoms with van der Waals surface area (Å²) in [4.78, 5) is 2.45. The van der Waals surface area contributed by atoms with Gasteiger partial charge in [-0.15, -0.1) is 0 Å². The Kier molecular flexibility index (Phi) is 4.13. The van der Waals surface area contributed by atoms with Gasteiger partial charge in [0, 0.05) is 18.6 Å². The van der Waals surface area contributed by atoms with E-state index in [1.165, 1.54) is 35.6 Å². The molecule has 1 fully saturated rings. The Morgan fingerprint density at radius 2 is 1.90 bits per heavy atom. The van der Waals surface area contributed by atoms with Gasteiger partial charge in [0.1, 0.15) is 5.75 Å². The Labute approximate surface area is 126 Å². The number of hydrogen-bond acceptors (Lipinski definition) is 3. The molecule has 1 aliphatic rings. The zero-order valence-corrected chi connectivity index (χ0v) is 12.9. The van der Waals surface area contributed by atoms with Crippen LogP contribution in [0.15, 0.2) is 36.4 Å². The smallest absolute Gasteiger partial charge is 0.119 e. The zero-order chi connectivity index (χ0) is 14.8. The van der Waals surface area contributed by atoms with E-state index in [1.807, 2.05) is 6.07 Å². The average molecular weight is 284 g/mol. The Bertz CT molecular complexity index is 622. The molecule has 0 aromatic heterocycles. The van der Waals surface area contributed by atoms with Gasteiger partial charge in [0.15, 0.2) is 0 Å². The first-order valence-electron chi connectivity index (χ1n) is 7.72. The fourth-order valence-corrected chi connectivity index (χ4v) is 3.16. The predicted octanol–water partition coefficient (Wildman–Crippen LogP) is 3.33. The molecule has 1 unspecified atom stereocenters. The number of rotatable bonds is 5. The molecule has 2 aromatic carbocycles. The topological polar surface area (TPSA) is 38.5 Å². The lowest BCUT2D eigenvalue weighted by molar-refractivity contribution is 0.113. The first-order valence-corrected chi connectivity index (χ1v) is 7.72. The third kappa shape index (κ3) is 2.76. The molecule has 0 amide bonds. The summed E-state index contributed by atoms with van der Waals surface area (Å²) in [5.74, 6) is 0.900. The molecule has 0 aliphatic heterocycles. The summed E-state index contributed by atoms with van der Waals surface area (Å²) in [5, 5.41) is 2.45. The molecule has 2 aromatic rings. The molecule has 3 heteroatoms. The van der Waals surface area contributed by atoms with Crippen LogP contribution < -0.4 is 10.5 Å². The number of nitrogens with two attached hydrogens (primary N) is 1. The summed E-state index contributed by atoms with van der Waals surface area (Å²) < 4.78 is 5.28. The van der Waals surface area contributed by atoms with Crippen molar-refractivity contribution >= 4 is 10.8 Å². The average Bonchev–Trinajstić information content (AvgIpc) is 2.45. The molecule has 0 radical (unpaired) electrons. The van der Waals surface area contributed by atoms with Crippen LogP contribution in [0.4, 0.5) is 0 Å². The van der Waals surface area contributed by atoms with Crippen molar-refractivity contribution in [2.45, 2.75) is 31.3 Å². The lowest BCUT2D eigenvalue weighted by Gasteiger charge is -2.40. The summed E-state index contributed by atoms with van der Waals surface area (Å²) in [7, 11) is 3.91. The molecular weight excluding hydrogens is 260 g/mol. The highest BCUT2D eigenvalue weighted by atomic mass is 16.5. The van der Waals surface area contributed by atoms with Crippen molar-refractivity contribution in [3.8, 4) is 5.75 Å². The van der Waals surface area contributed by atoms with Crippen molar-refractivity contribution in [3.05, 3.63) is 42.0 Å². The standard InChI is InChI=1S/C18H24N2O/c1-20(16-4-3-5-16)18(12-19)15-7-6-14-11-17(21-2)9-8-13(14)10-15/h6-11,16,18H,3-5,12,19H2,1-2H3. The highest BCUT2D eigenvalue weighted by Crippen LogP contribution is 2.32. The minimum Gasteiger partial charge on any atom is -0.497 e. The van der Waals surface area contributed by atoms with E-state index in [1.54, 1.807) is 7.11 Å². The molecular formula is C18H24N2O. The lowest BCUT2D eigenvalue weighted by Crippen LogP contribution is -2.42. The van der Waals surface area contributed by atoms with Crippen LogP contribution in [0.3, 0.4) is 0 Å². The third-order valence-corrected chi connectivity index (χ3v) is 4.82. The summed E-state index contributed by atoms with van der Waals surface area (Å²) in [6.45, 7) is 0.661. The Morgan fingerprint density at radius 1 is 1.19 bits per heavy atom. The summed E-state index contributed by atoms with van der Waals surface area (Å²) in [5.41, 5.74) is 7.36. The van der Waals surface area contributed by atoms with Gasteiger partial charge in [0.05, 0.1) is 7.11 Å². The normalized spacial score (nSPS) is 17.0. The maximum Gasteiger partial charge on any atom is 0.119 e. The molecule has 3 rings (SSSR count). The van der Waals surface area contributed by atoms with Crippen LogP contribution in [-0.2, 0) is 0 Å². The Balaban J connectivity index is 1.91. The maximum absolute atomic E-state index is 6.05. The Hall–Kier alpha value is -1.58. The Morgan fingerprint density at radius 3 is 2.52 bits per heavy atom. The minimum absolute atomic E-state index is 0.307. The van der Waals surface area contributed by atoms with E-state index in [2.05, 4.69) is 42.3 Å². The van der Waals surface area contributed by atoms with Crippen molar-refractivity contribution in [2.24, 2.45) is 5.73 Å². The second-order valence-corrected chi connectivity index (χ2v) is 5.97. The van der Waals surface area contributed by atoms with Crippen LogP contribution in [-0.4, -0.2) is 31.6 Å². The SMILES string of the molecule is COc1ccc2cc(C(CN)N(C)C3CCC3)ccc2c1. The molecule has 3 nitrogen and oxygen atoms in total. The van der Waals surface area contributed by atoms with E-state index in [0.29, 0.717) is 18.6 Å². The maximum atomic E-state index is 6.05. The fraction of sp³-hybridized carbons (Fsp3) is 0.444. The third-order valence-electron chi connectivity index (χ3n) is 4.82. The van der Waals surface area contributed by atoms with Gasteiger partial charge in [-0.05, 0) is 54.4 Å². The van der Waals surface area contributed by atoms with Crippen LogP contribution in [0.1, 0.15) is 30.9 Å². The van der Waals surface area contributed by atoms with Gasteiger partial charge in [-0.25, -0.2) is 0 Å². The van der Waals surface area contributed by atoms with Gasteiger partial charge in [-0.1, -0.05) is 24.6 Å². The van der Waals surface area contributed by atoms with Crippen molar-refractivity contribution in [1.82, 2.24) is 4.90 Å². The minimum atomic E-state index is 0.307. The van der Waals surface area contributed by atoms with E-state index < -0.39 is 0 Å². The van der Waals surface area contributed by atoms with Crippen LogP contribution >= 0.6 is 0 Å². The molecule has 112 valence electrons. The molecule has 1 atom stereocenters. The predicted molar refractivity (Wildman–Crippen MR) is 87.7 cm³/mol. The van der Waals surface area contributed by atoms with Gasteiger partial charge in [0.25, 0.3) is 0 Å². The zero-order valence-electron chi connectivity index (χ0n) is 12.9. The van der Waals surface area contributed by atoms with Gasteiger partial charge < -0.3 is 10.5 Å². The largest absolute Gasteiger partial charge is 0.497 e. The van der Waals surface area contributed by atoms with E-state index in [0.717, 1.165) is 5.75 Å². The fourth-order valence-electron chi connectivity index (χ4n) is 3.16. The van der Waals surface area contributed by atoms with Gasteiger partial charge in [-0.3, -0.25) is 4.90 Å². The molecule has 0 bridgehead atoms. The molecule has 0 spiro atoms. The van der Waals surface area contributed by atoms with E-state index in [9.17, 15) is 0 Å². The lowest BCUT2D eigenvalue weighted by atomic mass is 9.89. The molecule has 1 saturated carbocycles. The van der Waals surface area contributed by atoms with E-state index >= 15 is 0 Å². The van der Waals surface area contributed by atoms with Crippen molar-refractivity contribution in [2.75, 3.05) is 20.7 Å². The van der Waals surface area contributed by atoms with Gasteiger partial charge in [0.2, 0.25) is 0 Å². The molecule has 21 heavy (non-hydrogen) atoms. The van der Waals surface area contributed by atoms with Crippen molar-refractivity contribution in [3.63, 3.8) is 0 Å². The quantitative estimate of drug-likeness (QED) is 0.915. The number of likely N-dealkylation sites (N-methyl/N-ethyl adjacent to an activating group) is 1. The van der Waals surface area contributed by atoms with Crippen molar-refractivity contribution < 1.29 is 4.74 Å². The molecule has 2 N–H and O–H groups in total. The summed E-state index contributed by atoms with van der Waals surface area (Å²) in [6, 6.07) is 13.9. The highest BCUT2D eigenvalue weighted by molar-refractivity contribution is 5.84. The van der Waals surface area contributed by atoms with Gasteiger partial charge in [-0.2, -0.15) is 0 Å². The second kappa shape index (κ2) is 6.04. The monoisotopic (exact) mass is 284 g/mol. The van der Waals surface area contributed by atoms with E-state index in [4.69, 9.17) is 10.5 Å². The molecule has 0 saturated heterocycles. The number of benzene rings is 2. The van der Waals surface area contributed by atoms with Crippen LogP contribution in [0.5, 0.6) is 5.75 Å². The van der Waals surface area contributed by atoms with Crippen LogP contribution in [0, 0.1) is 0 Å². The number of hydrogen-bond donors (Lipinski definition) is 1. The van der Waals surface area contributed by atoms with E-state index in [-0.39, 0.29) is 0 Å². The first kappa shape index (κ1) is 14.4.